The van der Waals surface area contributed by atoms with E-state index in [4.69, 9.17) is 4.74 Å². The molecule has 0 spiro atoms. The maximum atomic E-state index is 12.1. The molecule has 114 valence electrons. The van der Waals surface area contributed by atoms with Gasteiger partial charge >= 0.3 is 0 Å². The SMILES string of the molecule is CCC(NC(=O)CC1COC1)c1ccc2c(c1)CCCC2. The lowest BCUT2D eigenvalue weighted by atomic mass is 9.88. The van der Waals surface area contributed by atoms with Gasteiger partial charge in [-0.05, 0) is 48.8 Å². The molecule has 21 heavy (non-hydrogen) atoms. The summed E-state index contributed by atoms with van der Waals surface area (Å²) in [5.41, 5.74) is 4.24. The second kappa shape index (κ2) is 6.61. The van der Waals surface area contributed by atoms with Crippen LogP contribution in [0.2, 0.25) is 0 Å². The van der Waals surface area contributed by atoms with Crippen molar-refractivity contribution in [1.82, 2.24) is 5.32 Å². The third kappa shape index (κ3) is 3.46. The van der Waals surface area contributed by atoms with Crippen LogP contribution < -0.4 is 5.32 Å². The van der Waals surface area contributed by atoms with Crippen LogP contribution in [0.3, 0.4) is 0 Å². The van der Waals surface area contributed by atoms with Crippen molar-refractivity contribution in [3.63, 3.8) is 0 Å². The Hall–Kier alpha value is -1.35. The molecule has 1 aromatic carbocycles. The number of hydrogen-bond acceptors (Lipinski definition) is 2. The summed E-state index contributed by atoms with van der Waals surface area (Å²) in [6, 6.07) is 6.92. The predicted octanol–water partition coefficient (Wildman–Crippen LogP) is 3.17. The van der Waals surface area contributed by atoms with E-state index in [-0.39, 0.29) is 11.9 Å². The third-order valence-electron chi connectivity index (χ3n) is 4.70. The normalized spacial score (nSPS) is 19.5. The number of nitrogens with one attached hydrogen (secondary N) is 1. The van der Waals surface area contributed by atoms with E-state index in [0.717, 1.165) is 19.6 Å². The summed E-state index contributed by atoms with van der Waals surface area (Å²) in [6.07, 6.45) is 6.53. The number of rotatable bonds is 5. The summed E-state index contributed by atoms with van der Waals surface area (Å²) >= 11 is 0. The monoisotopic (exact) mass is 287 g/mol. The maximum absolute atomic E-state index is 12.1. The van der Waals surface area contributed by atoms with E-state index in [9.17, 15) is 4.79 Å². The summed E-state index contributed by atoms with van der Waals surface area (Å²) in [5.74, 6) is 0.582. The topological polar surface area (TPSA) is 38.3 Å². The van der Waals surface area contributed by atoms with Gasteiger partial charge in [-0.25, -0.2) is 0 Å². The Bertz CT molecular complexity index is 508. The number of carbonyl (C=O) groups excluding carboxylic acids is 1. The Morgan fingerprint density at radius 3 is 2.71 bits per heavy atom. The van der Waals surface area contributed by atoms with Crippen LogP contribution in [0.5, 0.6) is 0 Å². The molecule has 3 nitrogen and oxygen atoms in total. The molecule has 0 aromatic heterocycles. The van der Waals surface area contributed by atoms with Crippen molar-refractivity contribution in [3.8, 4) is 0 Å². The molecule has 0 radical (unpaired) electrons. The van der Waals surface area contributed by atoms with Gasteiger partial charge in [-0.15, -0.1) is 0 Å². The van der Waals surface area contributed by atoms with Crippen molar-refractivity contribution >= 4 is 5.91 Å². The highest BCUT2D eigenvalue weighted by Gasteiger charge is 2.23. The number of fused-ring (bicyclic) bond motifs is 1. The zero-order valence-corrected chi connectivity index (χ0v) is 12.9. The molecule has 3 rings (SSSR count). The number of amides is 1. The van der Waals surface area contributed by atoms with Crippen LogP contribution >= 0.6 is 0 Å². The van der Waals surface area contributed by atoms with Gasteiger partial charge in [-0.1, -0.05) is 25.1 Å². The largest absolute Gasteiger partial charge is 0.381 e. The van der Waals surface area contributed by atoms with E-state index in [1.54, 1.807) is 0 Å². The van der Waals surface area contributed by atoms with Gasteiger partial charge in [-0.2, -0.15) is 0 Å². The van der Waals surface area contributed by atoms with Crippen LogP contribution in [0.1, 0.15) is 55.3 Å². The van der Waals surface area contributed by atoms with Crippen molar-refractivity contribution in [1.29, 1.82) is 0 Å². The first-order valence-electron chi connectivity index (χ1n) is 8.25. The molecule has 1 heterocycles. The van der Waals surface area contributed by atoms with Crippen LogP contribution in [0.25, 0.3) is 0 Å². The fourth-order valence-corrected chi connectivity index (χ4v) is 3.31. The third-order valence-corrected chi connectivity index (χ3v) is 4.70. The van der Waals surface area contributed by atoms with Crippen molar-refractivity contribution in [3.05, 3.63) is 34.9 Å². The van der Waals surface area contributed by atoms with Crippen LogP contribution in [-0.2, 0) is 22.4 Å². The first kappa shape index (κ1) is 14.6. The summed E-state index contributed by atoms with van der Waals surface area (Å²) < 4.78 is 5.13. The van der Waals surface area contributed by atoms with E-state index < -0.39 is 0 Å². The lowest BCUT2D eigenvalue weighted by molar-refractivity contribution is -0.127. The van der Waals surface area contributed by atoms with Gasteiger partial charge in [0.15, 0.2) is 0 Å². The molecule has 1 N–H and O–H groups in total. The van der Waals surface area contributed by atoms with E-state index in [2.05, 4.69) is 30.4 Å². The quantitative estimate of drug-likeness (QED) is 0.903. The number of ether oxygens (including phenoxy) is 1. The van der Waals surface area contributed by atoms with Gasteiger partial charge in [0.05, 0.1) is 19.3 Å². The average molecular weight is 287 g/mol. The first-order valence-corrected chi connectivity index (χ1v) is 8.25. The Balaban J connectivity index is 1.65. The van der Waals surface area contributed by atoms with Crippen LogP contribution in [0.4, 0.5) is 0 Å². The molecule has 1 unspecified atom stereocenters. The van der Waals surface area contributed by atoms with Crippen molar-refractivity contribution in [2.75, 3.05) is 13.2 Å². The molecule has 1 aliphatic carbocycles. The molecule has 0 saturated carbocycles. The lowest BCUT2D eigenvalue weighted by Gasteiger charge is -2.27. The van der Waals surface area contributed by atoms with Crippen LogP contribution in [-0.4, -0.2) is 19.1 Å². The highest BCUT2D eigenvalue weighted by atomic mass is 16.5. The number of hydrogen-bond donors (Lipinski definition) is 1. The van der Waals surface area contributed by atoms with E-state index in [0.29, 0.717) is 12.3 Å². The molecule has 1 atom stereocenters. The Morgan fingerprint density at radius 1 is 1.29 bits per heavy atom. The summed E-state index contributed by atoms with van der Waals surface area (Å²) in [6.45, 7) is 3.61. The van der Waals surface area contributed by atoms with Gasteiger partial charge in [0, 0.05) is 12.3 Å². The minimum Gasteiger partial charge on any atom is -0.381 e. The summed E-state index contributed by atoms with van der Waals surface area (Å²) in [7, 11) is 0. The fourth-order valence-electron chi connectivity index (χ4n) is 3.31. The van der Waals surface area contributed by atoms with Gasteiger partial charge in [0.25, 0.3) is 0 Å². The highest BCUT2D eigenvalue weighted by molar-refractivity contribution is 5.76. The molecular formula is C18H25NO2. The second-order valence-corrected chi connectivity index (χ2v) is 6.37. The van der Waals surface area contributed by atoms with Crippen LogP contribution in [0, 0.1) is 5.92 Å². The number of carbonyl (C=O) groups is 1. The number of benzene rings is 1. The van der Waals surface area contributed by atoms with Crippen molar-refractivity contribution in [2.45, 2.75) is 51.5 Å². The Morgan fingerprint density at radius 2 is 2.05 bits per heavy atom. The number of aryl methyl sites for hydroxylation is 2. The van der Waals surface area contributed by atoms with E-state index >= 15 is 0 Å². The van der Waals surface area contributed by atoms with Gasteiger partial charge in [0.1, 0.15) is 0 Å². The molecule has 1 fully saturated rings. The zero-order valence-electron chi connectivity index (χ0n) is 12.9. The molecule has 1 saturated heterocycles. The van der Waals surface area contributed by atoms with Crippen molar-refractivity contribution in [2.24, 2.45) is 5.92 Å². The Labute approximate surface area is 127 Å². The lowest BCUT2D eigenvalue weighted by Crippen LogP contribution is -2.35. The smallest absolute Gasteiger partial charge is 0.220 e. The zero-order chi connectivity index (χ0) is 14.7. The highest BCUT2D eigenvalue weighted by Crippen LogP contribution is 2.26. The minimum atomic E-state index is 0.144. The van der Waals surface area contributed by atoms with Crippen LogP contribution in [0.15, 0.2) is 18.2 Å². The predicted molar refractivity (Wildman–Crippen MR) is 83.2 cm³/mol. The fraction of sp³-hybridized carbons (Fsp3) is 0.611. The van der Waals surface area contributed by atoms with Crippen molar-refractivity contribution < 1.29 is 9.53 Å². The molecule has 1 aromatic rings. The van der Waals surface area contributed by atoms with Gasteiger partial charge < -0.3 is 10.1 Å². The second-order valence-electron chi connectivity index (χ2n) is 6.37. The molecule has 2 aliphatic rings. The molecular weight excluding hydrogens is 262 g/mol. The molecule has 1 aliphatic heterocycles. The van der Waals surface area contributed by atoms with E-state index in [1.807, 2.05) is 0 Å². The molecule has 0 bridgehead atoms. The van der Waals surface area contributed by atoms with E-state index in [1.165, 1.54) is 42.4 Å². The average Bonchev–Trinajstić information content (AvgIpc) is 2.48. The minimum absolute atomic E-state index is 0.144. The standard InChI is InChI=1S/C18H25NO2/c1-2-17(19-18(20)9-13-11-21-12-13)16-8-7-14-5-3-4-6-15(14)10-16/h7-8,10,13,17H,2-6,9,11-12H2,1H3,(H,19,20). The van der Waals surface area contributed by atoms with Gasteiger partial charge in [0.2, 0.25) is 5.91 Å². The first-order chi connectivity index (χ1) is 10.3. The maximum Gasteiger partial charge on any atom is 0.220 e. The van der Waals surface area contributed by atoms with Gasteiger partial charge in [-0.3, -0.25) is 4.79 Å². The summed E-state index contributed by atoms with van der Waals surface area (Å²) in [5, 5.41) is 3.19. The molecule has 3 heteroatoms. The molecule has 1 amide bonds. The summed E-state index contributed by atoms with van der Waals surface area (Å²) in [4.78, 5) is 12.1. The Kier molecular flexibility index (Phi) is 4.59.